The molecule has 1 saturated carbocycles. The van der Waals surface area contributed by atoms with Crippen LogP contribution in [0.4, 0.5) is 0 Å². The van der Waals surface area contributed by atoms with Crippen molar-refractivity contribution in [3.63, 3.8) is 0 Å². The van der Waals surface area contributed by atoms with E-state index in [1.165, 1.54) is 12.8 Å². The molecule has 0 bridgehead atoms. The van der Waals surface area contributed by atoms with Crippen molar-refractivity contribution in [3.8, 4) is 0 Å². The fraction of sp³-hybridized carbons (Fsp3) is 0.938. The van der Waals surface area contributed by atoms with Crippen molar-refractivity contribution >= 4 is 5.91 Å². The zero-order valence-electron chi connectivity index (χ0n) is 13.4. The van der Waals surface area contributed by atoms with Crippen LogP contribution in [-0.4, -0.2) is 37.7 Å². The second-order valence-electron chi connectivity index (χ2n) is 7.21. The van der Waals surface area contributed by atoms with Gasteiger partial charge in [-0.25, -0.2) is 0 Å². The molecule has 1 aliphatic carbocycles. The summed E-state index contributed by atoms with van der Waals surface area (Å²) in [7, 11) is 1.76. The van der Waals surface area contributed by atoms with E-state index in [0.717, 1.165) is 31.8 Å². The van der Waals surface area contributed by atoms with Gasteiger partial charge in [-0.1, -0.05) is 13.8 Å². The molecule has 2 unspecified atom stereocenters. The Balaban J connectivity index is 1.73. The molecular weight excluding hydrogens is 252 g/mol. The first-order chi connectivity index (χ1) is 9.39. The van der Waals surface area contributed by atoms with Gasteiger partial charge in [0.2, 0.25) is 5.91 Å². The highest BCUT2D eigenvalue weighted by Crippen LogP contribution is 2.51. The molecule has 1 saturated heterocycles. The van der Waals surface area contributed by atoms with Gasteiger partial charge >= 0.3 is 0 Å². The number of rotatable bonds is 5. The van der Waals surface area contributed by atoms with Crippen molar-refractivity contribution < 1.29 is 9.53 Å². The molecular formula is C16H30N2O2. The predicted molar refractivity (Wildman–Crippen MR) is 80.6 cm³/mol. The molecule has 0 aromatic heterocycles. The molecule has 0 aromatic carbocycles. The van der Waals surface area contributed by atoms with Gasteiger partial charge in [-0.2, -0.15) is 0 Å². The van der Waals surface area contributed by atoms with E-state index in [2.05, 4.69) is 31.4 Å². The van der Waals surface area contributed by atoms with E-state index in [4.69, 9.17) is 4.74 Å². The van der Waals surface area contributed by atoms with E-state index in [0.29, 0.717) is 6.42 Å². The van der Waals surface area contributed by atoms with Crippen LogP contribution in [-0.2, 0) is 9.53 Å². The summed E-state index contributed by atoms with van der Waals surface area (Å²) in [6.07, 6.45) is 5.03. The monoisotopic (exact) mass is 282 g/mol. The first kappa shape index (κ1) is 15.8. The largest absolute Gasteiger partial charge is 0.378 e. The lowest BCUT2D eigenvalue weighted by Crippen LogP contribution is -2.68. The van der Waals surface area contributed by atoms with Crippen LogP contribution >= 0.6 is 0 Å². The summed E-state index contributed by atoms with van der Waals surface area (Å²) in [5.41, 5.74) is -0.105. The van der Waals surface area contributed by atoms with Crippen molar-refractivity contribution in [1.82, 2.24) is 10.6 Å². The van der Waals surface area contributed by atoms with Crippen LogP contribution in [0.1, 0.15) is 52.9 Å². The van der Waals surface area contributed by atoms with E-state index in [-0.39, 0.29) is 23.0 Å². The Morgan fingerprint density at radius 1 is 1.30 bits per heavy atom. The topological polar surface area (TPSA) is 50.4 Å². The van der Waals surface area contributed by atoms with Gasteiger partial charge in [-0.15, -0.1) is 0 Å². The van der Waals surface area contributed by atoms with Crippen molar-refractivity contribution in [2.75, 3.05) is 20.2 Å². The quantitative estimate of drug-likeness (QED) is 0.812. The van der Waals surface area contributed by atoms with Crippen molar-refractivity contribution in [1.29, 1.82) is 0 Å². The number of nitrogens with one attached hydrogen (secondary N) is 2. The van der Waals surface area contributed by atoms with Crippen molar-refractivity contribution in [2.45, 2.75) is 64.5 Å². The molecule has 2 aliphatic rings. The Hall–Kier alpha value is -0.610. The third-order valence-corrected chi connectivity index (χ3v) is 5.85. The van der Waals surface area contributed by atoms with Crippen LogP contribution in [0.15, 0.2) is 0 Å². The summed E-state index contributed by atoms with van der Waals surface area (Å²) < 4.78 is 5.60. The summed E-state index contributed by atoms with van der Waals surface area (Å²) in [5, 5.41) is 6.57. The highest BCUT2D eigenvalue weighted by atomic mass is 16.5. The first-order valence-electron chi connectivity index (χ1n) is 7.94. The molecule has 0 radical (unpaired) electrons. The minimum Gasteiger partial charge on any atom is -0.378 e. The second-order valence-corrected chi connectivity index (χ2v) is 7.21. The summed E-state index contributed by atoms with van der Waals surface area (Å²) in [6, 6.07) is 0.243. The molecule has 116 valence electrons. The van der Waals surface area contributed by atoms with E-state index >= 15 is 0 Å². The Kier molecular flexibility index (Phi) is 4.75. The van der Waals surface area contributed by atoms with Gasteiger partial charge in [0.25, 0.3) is 0 Å². The highest BCUT2D eigenvalue weighted by Gasteiger charge is 2.58. The fourth-order valence-corrected chi connectivity index (χ4v) is 3.50. The summed E-state index contributed by atoms with van der Waals surface area (Å²) in [6.45, 7) is 8.70. The van der Waals surface area contributed by atoms with Gasteiger partial charge in [-0.05, 0) is 51.6 Å². The highest BCUT2D eigenvalue weighted by molar-refractivity contribution is 5.76. The molecule has 1 heterocycles. The SMILES string of the molecule is COC1(C)CC(NC(=O)CCC2CCNCC2)C1(C)C. The lowest BCUT2D eigenvalue weighted by molar-refractivity contribution is -0.182. The van der Waals surface area contributed by atoms with Crippen LogP contribution in [0, 0.1) is 11.3 Å². The molecule has 4 nitrogen and oxygen atoms in total. The number of hydrogen-bond acceptors (Lipinski definition) is 3. The van der Waals surface area contributed by atoms with Crippen LogP contribution < -0.4 is 10.6 Å². The van der Waals surface area contributed by atoms with Crippen LogP contribution in [0.25, 0.3) is 0 Å². The number of methoxy groups -OCH3 is 1. The van der Waals surface area contributed by atoms with E-state index in [1.54, 1.807) is 7.11 Å². The van der Waals surface area contributed by atoms with Gasteiger partial charge in [0.15, 0.2) is 0 Å². The minimum atomic E-state index is -0.111. The number of hydrogen-bond donors (Lipinski definition) is 2. The normalized spacial score (nSPS) is 33.5. The van der Waals surface area contributed by atoms with Crippen molar-refractivity contribution in [2.24, 2.45) is 11.3 Å². The second kappa shape index (κ2) is 6.02. The molecule has 1 amide bonds. The Bertz CT molecular complexity index is 350. The van der Waals surface area contributed by atoms with Crippen molar-refractivity contribution in [3.05, 3.63) is 0 Å². The maximum atomic E-state index is 12.1. The molecule has 1 aliphatic heterocycles. The number of carbonyl (C=O) groups is 1. The van der Waals surface area contributed by atoms with Crippen LogP contribution in [0.3, 0.4) is 0 Å². The Morgan fingerprint density at radius 3 is 2.50 bits per heavy atom. The third kappa shape index (κ3) is 3.01. The average Bonchev–Trinajstić information content (AvgIpc) is 2.45. The van der Waals surface area contributed by atoms with E-state index < -0.39 is 0 Å². The Morgan fingerprint density at radius 2 is 1.95 bits per heavy atom. The molecule has 2 fully saturated rings. The maximum Gasteiger partial charge on any atom is 0.220 e. The lowest BCUT2D eigenvalue weighted by atomic mass is 9.56. The van der Waals surface area contributed by atoms with Gasteiger partial charge in [0.05, 0.1) is 5.60 Å². The van der Waals surface area contributed by atoms with Crippen LogP contribution in [0.2, 0.25) is 0 Å². The molecule has 2 atom stereocenters. The zero-order valence-corrected chi connectivity index (χ0v) is 13.4. The molecule has 0 spiro atoms. The number of ether oxygens (including phenoxy) is 1. The van der Waals surface area contributed by atoms with Crippen LogP contribution in [0.5, 0.6) is 0 Å². The molecule has 4 heteroatoms. The van der Waals surface area contributed by atoms with Gasteiger partial charge in [0.1, 0.15) is 0 Å². The average molecular weight is 282 g/mol. The summed E-state index contributed by atoms with van der Waals surface area (Å²) >= 11 is 0. The zero-order chi connectivity index (χ0) is 14.8. The third-order valence-electron chi connectivity index (χ3n) is 5.85. The molecule has 0 aromatic rings. The van der Waals surface area contributed by atoms with Gasteiger partial charge < -0.3 is 15.4 Å². The fourth-order valence-electron chi connectivity index (χ4n) is 3.50. The molecule has 20 heavy (non-hydrogen) atoms. The standard InChI is InChI=1S/C16H30N2O2/c1-15(2)13(11-16(15,3)20-4)18-14(19)6-5-12-7-9-17-10-8-12/h12-13,17H,5-11H2,1-4H3,(H,18,19). The number of piperidine rings is 1. The van der Waals surface area contributed by atoms with Gasteiger partial charge in [0, 0.05) is 25.0 Å². The first-order valence-corrected chi connectivity index (χ1v) is 7.94. The smallest absolute Gasteiger partial charge is 0.220 e. The number of amides is 1. The molecule has 2 rings (SSSR count). The minimum absolute atomic E-state index is 0.00612. The maximum absolute atomic E-state index is 12.1. The number of carbonyl (C=O) groups excluding carboxylic acids is 1. The molecule has 2 N–H and O–H groups in total. The van der Waals surface area contributed by atoms with Gasteiger partial charge in [-0.3, -0.25) is 4.79 Å². The van der Waals surface area contributed by atoms with E-state index in [9.17, 15) is 4.79 Å². The summed E-state index contributed by atoms with van der Waals surface area (Å²) in [4.78, 5) is 12.1. The summed E-state index contributed by atoms with van der Waals surface area (Å²) in [5.74, 6) is 0.931. The van der Waals surface area contributed by atoms with E-state index in [1.807, 2.05) is 0 Å². The predicted octanol–water partition coefficient (Wildman–Crippen LogP) is 2.09. The Labute approximate surface area is 123 Å². The lowest BCUT2D eigenvalue weighted by Gasteiger charge is -2.59.